The smallest absolute Gasteiger partial charge is 0.277 e. The number of nitrogens with zero attached hydrogens (tertiary/aromatic N) is 2. The van der Waals surface area contributed by atoms with Gasteiger partial charge in [0, 0.05) is 49.6 Å². The lowest BCUT2D eigenvalue weighted by Gasteiger charge is -2.14. The van der Waals surface area contributed by atoms with Crippen molar-refractivity contribution in [2.45, 2.75) is 19.1 Å². The first-order chi connectivity index (χ1) is 14.0. The molecule has 0 atom stereocenters. The summed E-state index contributed by atoms with van der Waals surface area (Å²) in [7, 11) is 4.80. The number of carbonyl (C=O) groups is 1. The number of aliphatic hydroxyl groups is 2. The minimum atomic E-state index is -0.391. The highest BCUT2D eigenvalue weighted by Gasteiger charge is 2.18. The molecule has 2 aromatic rings. The number of hydrogen-bond donors (Lipinski definition) is 2. The molecule has 1 amide bonds. The predicted molar refractivity (Wildman–Crippen MR) is 112 cm³/mol. The van der Waals surface area contributed by atoms with Crippen molar-refractivity contribution in [2.24, 2.45) is 0 Å². The SMILES string of the molecule is COC(CCC(=O)N(C)[n+]1ccc(C=Cc2ccc(=CO)c(=CO)c2)cc1)OC. The first kappa shape index (κ1) is 22.1. The summed E-state index contributed by atoms with van der Waals surface area (Å²) in [5.41, 5.74) is 1.83. The number of aliphatic hydroxyl groups excluding tert-OH is 2. The maximum Gasteiger partial charge on any atom is 0.277 e. The molecule has 0 bridgehead atoms. The van der Waals surface area contributed by atoms with Crippen LogP contribution in [0, 0.1) is 0 Å². The van der Waals surface area contributed by atoms with Gasteiger partial charge in [-0.1, -0.05) is 29.0 Å². The van der Waals surface area contributed by atoms with E-state index in [-0.39, 0.29) is 5.91 Å². The first-order valence-electron chi connectivity index (χ1n) is 9.13. The van der Waals surface area contributed by atoms with E-state index in [1.807, 2.05) is 30.4 Å². The van der Waals surface area contributed by atoms with E-state index >= 15 is 0 Å². The number of hydrogen-bond acceptors (Lipinski definition) is 5. The summed E-state index contributed by atoms with van der Waals surface area (Å²) in [5, 5.41) is 21.0. The number of rotatable bonds is 8. The summed E-state index contributed by atoms with van der Waals surface area (Å²) in [6, 6.07) is 9.11. The van der Waals surface area contributed by atoms with Crippen LogP contribution in [0.2, 0.25) is 0 Å². The van der Waals surface area contributed by atoms with Crippen molar-refractivity contribution < 1.29 is 29.2 Å². The Morgan fingerprint density at radius 3 is 2.24 bits per heavy atom. The van der Waals surface area contributed by atoms with Gasteiger partial charge in [-0.25, -0.2) is 0 Å². The fourth-order valence-electron chi connectivity index (χ4n) is 2.72. The number of amides is 1. The van der Waals surface area contributed by atoms with Gasteiger partial charge in [-0.15, -0.1) is 5.01 Å². The van der Waals surface area contributed by atoms with E-state index in [2.05, 4.69) is 0 Å². The highest BCUT2D eigenvalue weighted by molar-refractivity contribution is 5.83. The number of methoxy groups -OCH3 is 2. The number of aromatic nitrogens is 1. The second kappa shape index (κ2) is 11.0. The van der Waals surface area contributed by atoms with Crippen LogP contribution in [0.5, 0.6) is 0 Å². The Labute approximate surface area is 170 Å². The van der Waals surface area contributed by atoms with E-state index in [9.17, 15) is 9.90 Å². The zero-order valence-corrected chi connectivity index (χ0v) is 16.9. The lowest BCUT2D eigenvalue weighted by molar-refractivity contribution is -0.680. The summed E-state index contributed by atoms with van der Waals surface area (Å²) in [6.45, 7) is 0. The molecule has 0 unspecified atom stereocenters. The van der Waals surface area contributed by atoms with Crippen molar-refractivity contribution >= 4 is 30.6 Å². The molecule has 0 saturated carbocycles. The summed E-state index contributed by atoms with van der Waals surface area (Å²) in [5.74, 6) is -0.0500. The largest absolute Gasteiger partial charge is 0.515 e. The van der Waals surface area contributed by atoms with Crippen LogP contribution in [0.1, 0.15) is 24.0 Å². The van der Waals surface area contributed by atoms with Crippen molar-refractivity contribution in [1.82, 2.24) is 0 Å². The molecule has 0 aliphatic heterocycles. The normalized spacial score (nSPS) is 12.8. The molecule has 2 rings (SSSR count). The standard InChI is InChI=1S/C22H26N2O5/c1-23(21(27)8-9-22(28-2)29-3)24-12-10-17(11-13-24)4-5-18-6-7-19(15-25)20(14-18)16-26/h4-7,10-16,22,25H,8-9H2,1-3H3/p+1. The highest BCUT2D eigenvalue weighted by atomic mass is 16.7. The van der Waals surface area contributed by atoms with Crippen LogP contribution in [0.4, 0.5) is 0 Å². The lowest BCUT2D eigenvalue weighted by Crippen LogP contribution is -2.58. The summed E-state index contributed by atoms with van der Waals surface area (Å²) >= 11 is 0. The zero-order valence-electron chi connectivity index (χ0n) is 16.9. The first-order valence-corrected chi connectivity index (χ1v) is 9.13. The molecule has 0 fully saturated rings. The molecule has 1 aromatic heterocycles. The zero-order chi connectivity index (χ0) is 21.2. The second-order valence-electron chi connectivity index (χ2n) is 6.35. The molecule has 0 radical (unpaired) electrons. The van der Waals surface area contributed by atoms with E-state index < -0.39 is 6.29 Å². The van der Waals surface area contributed by atoms with Crippen LogP contribution in [0.15, 0.2) is 42.7 Å². The summed E-state index contributed by atoms with van der Waals surface area (Å²) in [6.07, 6.45) is 9.74. The molecular weight excluding hydrogens is 372 g/mol. The van der Waals surface area contributed by atoms with Gasteiger partial charge in [0.25, 0.3) is 5.91 Å². The van der Waals surface area contributed by atoms with Crippen LogP contribution in [0.25, 0.3) is 24.7 Å². The van der Waals surface area contributed by atoms with Crippen molar-refractivity contribution in [2.75, 3.05) is 26.3 Å². The Bertz CT molecular complexity index is 950. The Balaban J connectivity index is 2.04. The average molecular weight is 399 g/mol. The third kappa shape index (κ3) is 6.17. The van der Waals surface area contributed by atoms with E-state index in [0.717, 1.165) is 23.7 Å². The Morgan fingerprint density at radius 2 is 1.66 bits per heavy atom. The van der Waals surface area contributed by atoms with Crippen LogP contribution in [-0.4, -0.2) is 43.7 Å². The number of benzene rings is 1. The van der Waals surface area contributed by atoms with E-state index in [0.29, 0.717) is 23.3 Å². The van der Waals surface area contributed by atoms with Crippen LogP contribution in [0.3, 0.4) is 0 Å². The third-order valence-electron chi connectivity index (χ3n) is 4.52. The maximum atomic E-state index is 12.3. The van der Waals surface area contributed by atoms with Gasteiger partial charge in [0.15, 0.2) is 6.29 Å². The topological polar surface area (TPSA) is 83.1 Å². The van der Waals surface area contributed by atoms with Crippen molar-refractivity contribution in [3.8, 4) is 0 Å². The monoisotopic (exact) mass is 399 g/mol. The molecule has 0 aliphatic rings. The molecule has 29 heavy (non-hydrogen) atoms. The number of pyridine rings is 1. The van der Waals surface area contributed by atoms with Crippen LogP contribution < -0.4 is 20.1 Å². The van der Waals surface area contributed by atoms with Gasteiger partial charge in [0.05, 0.1) is 19.6 Å². The van der Waals surface area contributed by atoms with Crippen molar-refractivity contribution in [1.29, 1.82) is 0 Å². The maximum absolute atomic E-state index is 12.3. The van der Waals surface area contributed by atoms with Gasteiger partial charge in [-0.05, 0) is 17.2 Å². The van der Waals surface area contributed by atoms with Gasteiger partial charge in [-0.3, -0.25) is 4.79 Å². The van der Waals surface area contributed by atoms with Gasteiger partial charge in [0.1, 0.15) is 0 Å². The molecule has 0 aliphatic carbocycles. The average Bonchev–Trinajstić information content (AvgIpc) is 2.77. The third-order valence-corrected chi connectivity index (χ3v) is 4.52. The molecule has 0 saturated heterocycles. The number of ether oxygens (including phenoxy) is 2. The Hall–Kier alpha value is -3.16. The fourth-order valence-corrected chi connectivity index (χ4v) is 2.72. The minimum Gasteiger partial charge on any atom is -0.515 e. The Kier molecular flexibility index (Phi) is 8.39. The molecule has 2 N–H and O–H groups in total. The molecule has 1 heterocycles. The van der Waals surface area contributed by atoms with Crippen molar-refractivity contribution in [3.63, 3.8) is 0 Å². The minimum absolute atomic E-state index is 0.0500. The molecule has 1 aromatic carbocycles. The summed E-state index contributed by atoms with van der Waals surface area (Å²) in [4.78, 5) is 12.3. The number of carbonyl (C=O) groups excluding carboxylic acids is 1. The molecular formula is C22H27N2O5+. The van der Waals surface area contributed by atoms with E-state index in [1.54, 1.807) is 50.5 Å². The van der Waals surface area contributed by atoms with Gasteiger partial charge < -0.3 is 19.7 Å². The van der Waals surface area contributed by atoms with E-state index in [1.165, 1.54) is 5.01 Å². The predicted octanol–water partition coefficient (Wildman–Crippen LogP) is 1.23. The quantitative estimate of drug-likeness (QED) is 0.515. The fraction of sp³-hybridized carbons (Fsp3) is 0.273. The Morgan fingerprint density at radius 1 is 1.03 bits per heavy atom. The van der Waals surface area contributed by atoms with Crippen molar-refractivity contribution in [3.05, 3.63) is 64.3 Å². The molecule has 7 nitrogen and oxygen atoms in total. The second-order valence-corrected chi connectivity index (χ2v) is 6.35. The van der Waals surface area contributed by atoms with Crippen LogP contribution in [-0.2, 0) is 14.3 Å². The van der Waals surface area contributed by atoms with Gasteiger partial charge >= 0.3 is 0 Å². The van der Waals surface area contributed by atoms with Gasteiger partial charge in [0.2, 0.25) is 12.4 Å². The summed E-state index contributed by atoms with van der Waals surface area (Å²) < 4.78 is 11.9. The highest BCUT2D eigenvalue weighted by Crippen LogP contribution is 2.05. The van der Waals surface area contributed by atoms with E-state index in [4.69, 9.17) is 14.6 Å². The van der Waals surface area contributed by atoms with Gasteiger partial charge in [-0.2, -0.15) is 0 Å². The molecule has 0 spiro atoms. The lowest BCUT2D eigenvalue weighted by atomic mass is 10.1. The molecule has 7 heteroatoms. The van der Waals surface area contributed by atoms with Crippen LogP contribution >= 0.6 is 0 Å². The molecule has 154 valence electrons.